The van der Waals surface area contributed by atoms with Gasteiger partial charge >= 0.3 is 5.97 Å². The molecule has 0 radical (unpaired) electrons. The molecule has 2 aliphatic heterocycles. The van der Waals surface area contributed by atoms with Crippen LogP contribution in [-0.4, -0.2) is 44.3 Å². The highest BCUT2D eigenvalue weighted by atomic mass is 32.2. The molecule has 0 bridgehead atoms. The highest BCUT2D eigenvalue weighted by Crippen LogP contribution is 2.39. The molecule has 1 fully saturated rings. The van der Waals surface area contributed by atoms with Crippen LogP contribution in [0.5, 0.6) is 0 Å². The third kappa shape index (κ3) is 4.46. The molecule has 0 spiro atoms. The average molecular weight is 501 g/mol. The van der Waals surface area contributed by atoms with Gasteiger partial charge in [0, 0.05) is 17.6 Å². The van der Waals surface area contributed by atoms with Crippen LogP contribution in [0.3, 0.4) is 0 Å². The fourth-order valence-corrected chi connectivity index (χ4v) is 6.19. The molecular formula is C28H24N2O5S. The molecular weight excluding hydrogens is 476 g/mol. The Morgan fingerprint density at radius 3 is 2.03 bits per heavy atom. The van der Waals surface area contributed by atoms with Gasteiger partial charge in [-0.05, 0) is 22.3 Å². The van der Waals surface area contributed by atoms with Crippen LogP contribution in [0.15, 0.2) is 102 Å². The second-order valence-electron chi connectivity index (χ2n) is 8.67. The molecule has 3 atom stereocenters. The Labute approximate surface area is 211 Å². The van der Waals surface area contributed by atoms with Crippen LogP contribution in [0.2, 0.25) is 0 Å². The van der Waals surface area contributed by atoms with E-state index in [1.54, 1.807) is 30.3 Å². The van der Waals surface area contributed by atoms with Gasteiger partial charge in [-0.15, -0.1) is 0 Å². The molecule has 182 valence electrons. The summed E-state index contributed by atoms with van der Waals surface area (Å²) in [5.74, 6) is -1.55. The van der Waals surface area contributed by atoms with Gasteiger partial charge < -0.3 is 15.0 Å². The van der Waals surface area contributed by atoms with Gasteiger partial charge in [0.15, 0.2) is 17.9 Å². The number of rotatable bonds is 7. The van der Waals surface area contributed by atoms with Crippen molar-refractivity contribution in [1.29, 1.82) is 0 Å². The van der Waals surface area contributed by atoms with E-state index in [4.69, 9.17) is 10.5 Å². The molecule has 7 nitrogen and oxygen atoms in total. The van der Waals surface area contributed by atoms with Crippen LogP contribution in [0.25, 0.3) is 0 Å². The molecule has 2 N–H and O–H groups in total. The van der Waals surface area contributed by atoms with E-state index in [0.717, 1.165) is 16.0 Å². The maximum atomic E-state index is 13.7. The third-order valence-electron chi connectivity index (χ3n) is 6.34. The van der Waals surface area contributed by atoms with Gasteiger partial charge in [-0.25, -0.2) is 4.79 Å². The molecule has 0 aliphatic carbocycles. The zero-order valence-electron chi connectivity index (χ0n) is 19.3. The van der Waals surface area contributed by atoms with Crippen molar-refractivity contribution in [3.05, 3.63) is 119 Å². The summed E-state index contributed by atoms with van der Waals surface area (Å²) in [6.45, 7) is 0. The normalized spacial score (nSPS) is 21.1. The summed E-state index contributed by atoms with van der Waals surface area (Å²) < 4.78 is 18.9. The first-order valence-corrected chi connectivity index (χ1v) is 12.9. The van der Waals surface area contributed by atoms with E-state index < -0.39 is 40.6 Å². The number of hydrogen-bond acceptors (Lipinski definition) is 6. The first kappa shape index (κ1) is 24.0. The van der Waals surface area contributed by atoms with Crippen molar-refractivity contribution in [2.75, 3.05) is 5.75 Å². The minimum atomic E-state index is -1.54. The fourth-order valence-electron chi connectivity index (χ4n) is 4.55. The van der Waals surface area contributed by atoms with E-state index in [1.165, 1.54) is 0 Å². The van der Waals surface area contributed by atoms with Gasteiger partial charge in [-0.1, -0.05) is 91.0 Å². The highest BCUT2D eigenvalue weighted by molar-refractivity contribution is 7.92. The van der Waals surface area contributed by atoms with Crippen LogP contribution in [0.4, 0.5) is 0 Å². The molecule has 36 heavy (non-hydrogen) atoms. The lowest BCUT2D eigenvalue weighted by atomic mass is 9.98. The first-order valence-electron chi connectivity index (χ1n) is 11.5. The number of carbonyl (C=O) groups is 3. The third-order valence-corrected chi connectivity index (χ3v) is 8.01. The molecule has 1 amide bonds. The van der Waals surface area contributed by atoms with E-state index >= 15 is 0 Å². The number of benzene rings is 3. The Morgan fingerprint density at radius 2 is 1.47 bits per heavy atom. The number of nitrogens with zero attached hydrogens (tertiary/aromatic N) is 1. The number of nitrogens with two attached hydrogens (primary N) is 1. The SMILES string of the molecule is NC1C(=O)N2C(C(=O)OC(c3ccccc3)c3ccccc3)=C(CC(=O)c3ccccc3)C[S+]([O-])C12. The number of ketones is 1. The summed E-state index contributed by atoms with van der Waals surface area (Å²) in [7, 11) is 0. The lowest BCUT2D eigenvalue weighted by Crippen LogP contribution is -2.73. The van der Waals surface area contributed by atoms with Crippen molar-refractivity contribution in [1.82, 2.24) is 4.90 Å². The quantitative estimate of drug-likeness (QED) is 0.231. The number of hydrogen-bond donors (Lipinski definition) is 1. The lowest BCUT2D eigenvalue weighted by molar-refractivity contribution is -0.153. The number of Topliss-reactive ketones (excluding diaryl/α,β-unsaturated/α-hetero) is 1. The van der Waals surface area contributed by atoms with Crippen LogP contribution >= 0.6 is 0 Å². The summed E-state index contributed by atoms with van der Waals surface area (Å²) in [5, 5.41) is -0.817. The van der Waals surface area contributed by atoms with Crippen LogP contribution in [0.1, 0.15) is 34.0 Å². The number of fused-ring (bicyclic) bond motifs is 1. The van der Waals surface area contributed by atoms with E-state index in [0.29, 0.717) is 11.1 Å². The van der Waals surface area contributed by atoms with E-state index in [-0.39, 0.29) is 23.7 Å². The summed E-state index contributed by atoms with van der Waals surface area (Å²) in [5.41, 5.74) is 8.16. The smallest absolute Gasteiger partial charge is 0.356 e. The van der Waals surface area contributed by atoms with Crippen LogP contribution < -0.4 is 5.73 Å². The zero-order valence-corrected chi connectivity index (χ0v) is 20.1. The summed E-state index contributed by atoms with van der Waals surface area (Å²) in [6.07, 6.45) is -0.901. The van der Waals surface area contributed by atoms with Gasteiger partial charge in [0.25, 0.3) is 5.91 Å². The van der Waals surface area contributed by atoms with Crippen molar-refractivity contribution in [2.24, 2.45) is 5.73 Å². The molecule has 0 saturated carbocycles. The summed E-state index contributed by atoms with van der Waals surface area (Å²) >= 11 is -1.54. The van der Waals surface area contributed by atoms with Crippen LogP contribution in [0, 0.1) is 0 Å². The van der Waals surface area contributed by atoms with Crippen molar-refractivity contribution < 1.29 is 23.7 Å². The maximum absolute atomic E-state index is 13.7. The maximum Gasteiger partial charge on any atom is 0.356 e. The van der Waals surface area contributed by atoms with Crippen molar-refractivity contribution in [3.63, 3.8) is 0 Å². The predicted molar refractivity (Wildman–Crippen MR) is 135 cm³/mol. The second kappa shape index (κ2) is 10.1. The fraction of sp³-hybridized carbons (Fsp3) is 0.179. The summed E-state index contributed by atoms with van der Waals surface area (Å²) in [4.78, 5) is 40.6. The minimum absolute atomic E-state index is 0.0348. The number of amides is 1. The Hall–Kier alpha value is -3.72. The molecule has 3 aromatic rings. The van der Waals surface area contributed by atoms with Gasteiger partial charge in [-0.3, -0.25) is 14.5 Å². The molecule has 3 unspecified atom stereocenters. The van der Waals surface area contributed by atoms with Crippen molar-refractivity contribution in [3.8, 4) is 0 Å². The number of β-lactam (4-membered cyclic amide) rings is 1. The molecule has 1 saturated heterocycles. The predicted octanol–water partition coefficient (Wildman–Crippen LogP) is 3.10. The van der Waals surface area contributed by atoms with Crippen molar-refractivity contribution >= 4 is 28.8 Å². The monoisotopic (exact) mass is 500 g/mol. The number of carbonyl (C=O) groups excluding carboxylic acids is 3. The van der Waals surface area contributed by atoms with Gasteiger partial charge in [-0.2, -0.15) is 0 Å². The Kier molecular flexibility index (Phi) is 6.73. The Bertz CT molecular complexity index is 1270. The van der Waals surface area contributed by atoms with Gasteiger partial charge in [0.2, 0.25) is 5.37 Å². The molecule has 5 rings (SSSR count). The Morgan fingerprint density at radius 1 is 0.944 bits per heavy atom. The molecule has 8 heteroatoms. The zero-order chi connectivity index (χ0) is 25.2. The lowest BCUT2D eigenvalue weighted by Gasteiger charge is -2.48. The molecule has 3 aromatic carbocycles. The highest BCUT2D eigenvalue weighted by Gasteiger charge is 2.59. The Balaban J connectivity index is 1.52. The standard InChI is InChI=1S/C28H24N2O5S/c29-23-26(32)30-24(21(17-36(34)27(23)30)16-22(31)18-10-4-1-5-11-18)28(33)35-25(19-12-6-2-7-13-19)20-14-8-3-9-15-20/h1-15,23,25,27H,16-17,29H2. The van der Waals surface area contributed by atoms with E-state index in [1.807, 2.05) is 60.7 Å². The minimum Gasteiger partial charge on any atom is -0.614 e. The van der Waals surface area contributed by atoms with Crippen LogP contribution in [-0.2, 0) is 25.5 Å². The van der Waals surface area contributed by atoms with E-state index in [2.05, 4.69) is 0 Å². The van der Waals surface area contributed by atoms with E-state index in [9.17, 15) is 18.9 Å². The topological polar surface area (TPSA) is 113 Å². The van der Waals surface area contributed by atoms with Gasteiger partial charge in [0.05, 0.1) is 0 Å². The molecule has 0 aromatic heterocycles. The van der Waals surface area contributed by atoms with Crippen molar-refractivity contribution in [2.45, 2.75) is 23.9 Å². The molecule has 2 aliphatic rings. The average Bonchev–Trinajstić information content (AvgIpc) is 2.92. The largest absolute Gasteiger partial charge is 0.614 e. The number of esters is 1. The summed E-state index contributed by atoms with van der Waals surface area (Å²) in [6, 6.07) is 26.2. The molecule has 2 heterocycles. The number of ether oxygens (including phenoxy) is 1. The van der Waals surface area contributed by atoms with Gasteiger partial charge in [0.1, 0.15) is 11.4 Å². The second-order valence-corrected chi connectivity index (χ2v) is 10.2. The first-order chi connectivity index (χ1) is 17.5.